The maximum Gasteiger partial charge on any atom is 0.326 e. The molecule has 0 aromatic carbocycles. The number of rotatable bonds is 5. The van der Waals surface area contributed by atoms with Crippen LogP contribution < -0.4 is 5.32 Å². The minimum Gasteiger partial charge on any atom is -0.465 e. The number of ether oxygens (including phenoxy) is 1. The number of esters is 1. The third-order valence-corrected chi connectivity index (χ3v) is 5.61. The molecule has 1 saturated carbocycles. The second-order valence-electron chi connectivity index (χ2n) is 6.69. The van der Waals surface area contributed by atoms with E-state index in [1.165, 1.54) is 38.8 Å². The van der Waals surface area contributed by atoms with Gasteiger partial charge in [-0.25, -0.2) is 0 Å². The van der Waals surface area contributed by atoms with E-state index in [2.05, 4.69) is 17.1 Å². The molecule has 122 valence electrons. The quantitative estimate of drug-likeness (QED) is 0.792. The Morgan fingerprint density at radius 2 is 2.10 bits per heavy atom. The molecule has 4 nitrogen and oxygen atoms in total. The highest BCUT2D eigenvalue weighted by molar-refractivity contribution is 5.81. The molecule has 0 bridgehead atoms. The Morgan fingerprint density at radius 1 is 1.29 bits per heavy atom. The van der Waals surface area contributed by atoms with Crippen LogP contribution in [0.3, 0.4) is 0 Å². The van der Waals surface area contributed by atoms with Gasteiger partial charge in [0.2, 0.25) is 0 Å². The summed E-state index contributed by atoms with van der Waals surface area (Å²) >= 11 is 0. The molecule has 1 N–H and O–H groups in total. The summed E-state index contributed by atoms with van der Waals surface area (Å²) in [5, 5.41) is 3.27. The van der Waals surface area contributed by atoms with Crippen molar-refractivity contribution >= 4 is 5.97 Å². The second kappa shape index (κ2) is 7.59. The first-order valence-corrected chi connectivity index (χ1v) is 8.75. The Hall–Kier alpha value is -0.610. The third kappa shape index (κ3) is 3.78. The maximum atomic E-state index is 12.3. The van der Waals surface area contributed by atoms with Crippen molar-refractivity contribution in [3.63, 3.8) is 0 Å². The SMILES string of the molecule is CCOC(=O)C1(NC)CCC(N2CCCC(CC)CC2)C1. The lowest BCUT2D eigenvalue weighted by molar-refractivity contribution is -0.151. The van der Waals surface area contributed by atoms with E-state index in [4.69, 9.17) is 4.74 Å². The number of nitrogens with zero attached hydrogens (tertiary/aromatic N) is 1. The molecule has 4 heteroatoms. The topological polar surface area (TPSA) is 41.6 Å². The molecule has 0 amide bonds. The van der Waals surface area contributed by atoms with Gasteiger partial charge < -0.3 is 15.0 Å². The standard InChI is InChI=1S/C17H32N2O2/c1-4-14-7-6-11-19(12-9-14)15-8-10-17(13-15,18-3)16(20)21-5-2/h14-15,18H,4-13H2,1-3H3. The van der Waals surface area contributed by atoms with Crippen molar-refractivity contribution in [2.75, 3.05) is 26.7 Å². The van der Waals surface area contributed by atoms with Crippen LogP contribution >= 0.6 is 0 Å². The van der Waals surface area contributed by atoms with Gasteiger partial charge in [-0.3, -0.25) is 4.79 Å². The first-order chi connectivity index (χ1) is 10.1. The summed E-state index contributed by atoms with van der Waals surface area (Å²) in [5.41, 5.74) is -0.447. The largest absolute Gasteiger partial charge is 0.465 e. The minimum absolute atomic E-state index is 0.0590. The Balaban J connectivity index is 1.95. The molecule has 0 radical (unpaired) electrons. The van der Waals surface area contributed by atoms with Gasteiger partial charge in [0.25, 0.3) is 0 Å². The fourth-order valence-electron chi connectivity index (χ4n) is 4.08. The van der Waals surface area contributed by atoms with Gasteiger partial charge in [-0.15, -0.1) is 0 Å². The lowest BCUT2D eigenvalue weighted by Crippen LogP contribution is -2.50. The van der Waals surface area contributed by atoms with Crippen molar-refractivity contribution in [1.29, 1.82) is 0 Å². The molecular weight excluding hydrogens is 264 g/mol. The Kier molecular flexibility index (Phi) is 6.06. The number of hydrogen-bond acceptors (Lipinski definition) is 4. The molecule has 0 aromatic heterocycles. The molecule has 2 aliphatic rings. The van der Waals surface area contributed by atoms with Crippen molar-refractivity contribution in [2.45, 2.75) is 70.4 Å². The number of likely N-dealkylation sites (tertiary alicyclic amines) is 1. The number of likely N-dealkylation sites (N-methyl/N-ethyl adjacent to an activating group) is 1. The summed E-state index contributed by atoms with van der Waals surface area (Å²) in [4.78, 5) is 14.9. The molecule has 21 heavy (non-hydrogen) atoms. The average Bonchev–Trinajstić information content (AvgIpc) is 2.80. The van der Waals surface area contributed by atoms with Crippen LogP contribution in [0, 0.1) is 5.92 Å². The molecule has 1 heterocycles. The average molecular weight is 296 g/mol. The first kappa shape index (κ1) is 16.8. The summed E-state index contributed by atoms with van der Waals surface area (Å²) < 4.78 is 5.29. The first-order valence-electron chi connectivity index (χ1n) is 8.75. The van der Waals surface area contributed by atoms with E-state index in [9.17, 15) is 4.79 Å². The second-order valence-corrected chi connectivity index (χ2v) is 6.69. The fraction of sp³-hybridized carbons (Fsp3) is 0.941. The van der Waals surface area contributed by atoms with Crippen LogP contribution in [0.25, 0.3) is 0 Å². The number of nitrogens with one attached hydrogen (secondary N) is 1. The van der Waals surface area contributed by atoms with E-state index in [-0.39, 0.29) is 5.97 Å². The summed E-state index contributed by atoms with van der Waals surface area (Å²) in [5.74, 6) is 0.840. The predicted molar refractivity (Wildman–Crippen MR) is 85.3 cm³/mol. The van der Waals surface area contributed by atoms with Gasteiger partial charge in [-0.2, -0.15) is 0 Å². The zero-order chi connectivity index (χ0) is 15.3. The van der Waals surface area contributed by atoms with E-state index in [0.717, 1.165) is 25.2 Å². The Morgan fingerprint density at radius 3 is 2.76 bits per heavy atom. The summed E-state index contributed by atoms with van der Waals surface area (Å²) in [6.45, 7) is 7.06. The van der Waals surface area contributed by atoms with Gasteiger partial charge in [0.15, 0.2) is 0 Å². The maximum absolute atomic E-state index is 12.3. The summed E-state index contributed by atoms with van der Waals surface area (Å²) in [6, 6.07) is 0.539. The van der Waals surface area contributed by atoms with Crippen LogP contribution in [0.5, 0.6) is 0 Å². The van der Waals surface area contributed by atoms with Crippen LogP contribution in [0.4, 0.5) is 0 Å². The molecule has 0 aromatic rings. The Labute approximate surface area is 129 Å². The number of carbonyl (C=O) groups is 1. The van der Waals surface area contributed by atoms with E-state index in [0.29, 0.717) is 12.6 Å². The van der Waals surface area contributed by atoms with Crippen LogP contribution in [0.1, 0.15) is 58.8 Å². The van der Waals surface area contributed by atoms with Crippen molar-refractivity contribution in [2.24, 2.45) is 5.92 Å². The monoisotopic (exact) mass is 296 g/mol. The van der Waals surface area contributed by atoms with Gasteiger partial charge in [0.05, 0.1) is 6.61 Å². The lowest BCUT2D eigenvalue weighted by Gasteiger charge is -2.30. The van der Waals surface area contributed by atoms with Crippen LogP contribution in [-0.2, 0) is 9.53 Å². The van der Waals surface area contributed by atoms with Crippen LogP contribution in [0.2, 0.25) is 0 Å². The molecule has 3 unspecified atom stereocenters. The predicted octanol–water partition coefficient (Wildman–Crippen LogP) is 2.57. The van der Waals surface area contributed by atoms with Gasteiger partial charge in [-0.05, 0) is 71.5 Å². The minimum atomic E-state index is -0.447. The molecule has 1 aliphatic heterocycles. The highest BCUT2D eigenvalue weighted by atomic mass is 16.5. The van der Waals surface area contributed by atoms with Crippen molar-refractivity contribution in [3.8, 4) is 0 Å². The zero-order valence-electron chi connectivity index (χ0n) is 14.0. The van der Waals surface area contributed by atoms with Crippen molar-refractivity contribution < 1.29 is 9.53 Å². The summed E-state index contributed by atoms with van der Waals surface area (Å²) in [7, 11) is 1.90. The molecule has 0 spiro atoms. The summed E-state index contributed by atoms with van der Waals surface area (Å²) in [6.07, 6.45) is 8.22. The highest BCUT2D eigenvalue weighted by Gasteiger charge is 2.46. The molecule has 3 atom stereocenters. The zero-order valence-corrected chi connectivity index (χ0v) is 14.0. The van der Waals surface area contributed by atoms with Crippen molar-refractivity contribution in [3.05, 3.63) is 0 Å². The number of hydrogen-bond donors (Lipinski definition) is 1. The third-order valence-electron chi connectivity index (χ3n) is 5.61. The lowest BCUT2D eigenvalue weighted by atomic mass is 9.97. The molecule has 2 fully saturated rings. The van der Waals surface area contributed by atoms with E-state index in [1.807, 2.05) is 14.0 Å². The van der Waals surface area contributed by atoms with Gasteiger partial charge >= 0.3 is 5.97 Å². The van der Waals surface area contributed by atoms with E-state index in [1.54, 1.807) is 0 Å². The van der Waals surface area contributed by atoms with Crippen molar-refractivity contribution in [1.82, 2.24) is 10.2 Å². The number of carbonyl (C=O) groups excluding carboxylic acids is 1. The normalized spacial score (nSPS) is 34.6. The molecule has 1 aliphatic carbocycles. The van der Waals surface area contributed by atoms with Gasteiger partial charge in [0.1, 0.15) is 5.54 Å². The Bertz CT molecular complexity index is 348. The molecular formula is C17H32N2O2. The highest BCUT2D eigenvalue weighted by Crippen LogP contribution is 2.35. The molecule has 2 rings (SSSR count). The van der Waals surface area contributed by atoms with Crippen LogP contribution in [0.15, 0.2) is 0 Å². The molecule has 1 saturated heterocycles. The van der Waals surface area contributed by atoms with Gasteiger partial charge in [0, 0.05) is 6.04 Å². The van der Waals surface area contributed by atoms with E-state index < -0.39 is 5.54 Å². The van der Waals surface area contributed by atoms with E-state index >= 15 is 0 Å². The smallest absolute Gasteiger partial charge is 0.326 e. The van der Waals surface area contributed by atoms with Gasteiger partial charge in [-0.1, -0.05) is 13.3 Å². The fourth-order valence-corrected chi connectivity index (χ4v) is 4.08. The van der Waals surface area contributed by atoms with Crippen LogP contribution in [-0.4, -0.2) is 49.2 Å².